The minimum Gasteiger partial charge on any atom is -0.481 e. The van der Waals surface area contributed by atoms with E-state index in [9.17, 15) is 29.1 Å². The summed E-state index contributed by atoms with van der Waals surface area (Å²) in [5.41, 5.74) is 13.2. The first-order chi connectivity index (χ1) is 19.1. The van der Waals surface area contributed by atoms with Gasteiger partial charge in [-0.05, 0) is 49.4 Å². The van der Waals surface area contributed by atoms with Gasteiger partial charge < -0.3 is 42.6 Å². The van der Waals surface area contributed by atoms with E-state index in [0.29, 0.717) is 31.6 Å². The number of aromatic amines is 1. The van der Waals surface area contributed by atoms with Crippen molar-refractivity contribution in [1.29, 1.82) is 0 Å². The summed E-state index contributed by atoms with van der Waals surface area (Å²) in [6.07, 6.45) is 4.66. The zero-order valence-electron chi connectivity index (χ0n) is 22.4. The number of fused-ring (bicyclic) bond motifs is 1. The first kappa shape index (κ1) is 32.6. The Balaban J connectivity index is 2.27. The number of para-hydroxylation sites is 1. The molecule has 0 aliphatic heterocycles. The standard InChI is InChI=1S/C26H38N6O7S/c1-40-11-9-19(24(36)32-21(26(38)39)13-22(33)34)30-25(37)20(31-23(35)17(28)7-4-5-10-27)12-15-14-29-18-8-3-2-6-16(15)18/h2-3,6,8,14,17,19-21,29H,4-5,7,9-13,27-28H2,1H3,(H,30,37)(H,31,35)(H,32,36)(H,33,34)(H,38,39). The van der Waals surface area contributed by atoms with Crippen LogP contribution in [-0.4, -0.2) is 87.6 Å². The maximum absolute atomic E-state index is 13.5. The van der Waals surface area contributed by atoms with Crippen LogP contribution in [0.15, 0.2) is 30.5 Å². The van der Waals surface area contributed by atoms with Crippen LogP contribution in [0.5, 0.6) is 0 Å². The molecule has 1 aromatic heterocycles. The lowest BCUT2D eigenvalue weighted by Gasteiger charge is -2.25. The van der Waals surface area contributed by atoms with Crippen LogP contribution in [0.2, 0.25) is 0 Å². The van der Waals surface area contributed by atoms with Gasteiger partial charge in [0.15, 0.2) is 0 Å². The Morgan fingerprint density at radius 2 is 1.57 bits per heavy atom. The number of amides is 3. The highest BCUT2D eigenvalue weighted by atomic mass is 32.2. The number of aromatic nitrogens is 1. The average molecular weight is 579 g/mol. The largest absolute Gasteiger partial charge is 0.481 e. The van der Waals surface area contributed by atoms with E-state index in [1.165, 1.54) is 11.8 Å². The summed E-state index contributed by atoms with van der Waals surface area (Å²) in [6, 6.07) is 2.64. The highest BCUT2D eigenvalue weighted by Gasteiger charge is 2.31. The molecular formula is C26H38N6O7S. The number of carbonyl (C=O) groups is 5. The molecule has 0 aliphatic carbocycles. The van der Waals surface area contributed by atoms with Crippen molar-refractivity contribution in [3.05, 3.63) is 36.0 Å². The van der Waals surface area contributed by atoms with E-state index < -0.39 is 60.2 Å². The van der Waals surface area contributed by atoms with Crippen LogP contribution in [0.4, 0.5) is 0 Å². The molecule has 4 atom stereocenters. The van der Waals surface area contributed by atoms with E-state index in [2.05, 4.69) is 20.9 Å². The number of nitrogens with one attached hydrogen (secondary N) is 4. The predicted molar refractivity (Wildman–Crippen MR) is 152 cm³/mol. The van der Waals surface area contributed by atoms with Gasteiger partial charge in [-0.1, -0.05) is 24.6 Å². The van der Waals surface area contributed by atoms with Crippen LogP contribution in [0, 0.1) is 0 Å². The zero-order chi connectivity index (χ0) is 29.7. The van der Waals surface area contributed by atoms with Gasteiger partial charge in [0.05, 0.1) is 12.5 Å². The van der Waals surface area contributed by atoms with Gasteiger partial charge in [-0.3, -0.25) is 19.2 Å². The number of H-pyrrole nitrogens is 1. The van der Waals surface area contributed by atoms with Crippen LogP contribution < -0.4 is 27.4 Å². The van der Waals surface area contributed by atoms with Crippen molar-refractivity contribution in [2.24, 2.45) is 11.5 Å². The summed E-state index contributed by atoms with van der Waals surface area (Å²) < 4.78 is 0. The third-order valence-electron chi connectivity index (χ3n) is 6.27. The molecule has 3 amide bonds. The Morgan fingerprint density at radius 3 is 2.23 bits per heavy atom. The van der Waals surface area contributed by atoms with Crippen molar-refractivity contribution in [2.45, 2.75) is 62.7 Å². The van der Waals surface area contributed by atoms with E-state index in [1.54, 1.807) is 12.5 Å². The highest BCUT2D eigenvalue weighted by molar-refractivity contribution is 7.98. The number of carboxylic acid groups (broad SMARTS) is 2. The molecule has 0 saturated heterocycles. The van der Waals surface area contributed by atoms with E-state index in [-0.39, 0.29) is 12.8 Å². The average Bonchev–Trinajstić information content (AvgIpc) is 3.32. The van der Waals surface area contributed by atoms with Crippen LogP contribution in [0.25, 0.3) is 10.9 Å². The number of rotatable bonds is 18. The van der Waals surface area contributed by atoms with Gasteiger partial charge in [0.25, 0.3) is 0 Å². The molecular weight excluding hydrogens is 540 g/mol. The predicted octanol–water partition coefficient (Wildman–Crippen LogP) is -0.0665. The molecule has 0 fully saturated rings. The molecule has 0 bridgehead atoms. The van der Waals surface area contributed by atoms with Crippen LogP contribution in [-0.2, 0) is 30.4 Å². The van der Waals surface area contributed by atoms with Gasteiger partial charge in [-0.25, -0.2) is 4.79 Å². The minimum absolute atomic E-state index is 0.0880. The maximum Gasteiger partial charge on any atom is 0.326 e. The third-order valence-corrected chi connectivity index (χ3v) is 6.92. The smallest absolute Gasteiger partial charge is 0.326 e. The number of hydrogen-bond donors (Lipinski definition) is 8. The fourth-order valence-electron chi connectivity index (χ4n) is 4.07. The quantitative estimate of drug-likeness (QED) is 0.110. The van der Waals surface area contributed by atoms with Gasteiger partial charge in [-0.15, -0.1) is 0 Å². The van der Waals surface area contributed by atoms with Crippen molar-refractivity contribution in [3.63, 3.8) is 0 Å². The number of carboxylic acids is 2. The molecule has 1 heterocycles. The second-order valence-corrected chi connectivity index (χ2v) is 10.3. The van der Waals surface area contributed by atoms with Gasteiger partial charge in [0, 0.05) is 23.5 Å². The normalized spacial score (nSPS) is 14.1. The Morgan fingerprint density at radius 1 is 0.925 bits per heavy atom. The second-order valence-electron chi connectivity index (χ2n) is 9.36. The number of hydrogen-bond acceptors (Lipinski definition) is 8. The van der Waals surface area contributed by atoms with Crippen molar-refractivity contribution in [2.75, 3.05) is 18.6 Å². The molecule has 4 unspecified atom stereocenters. The molecule has 40 heavy (non-hydrogen) atoms. The summed E-state index contributed by atoms with van der Waals surface area (Å²) >= 11 is 1.41. The Bertz CT molecular complexity index is 1170. The van der Waals surface area contributed by atoms with Crippen LogP contribution in [0.1, 0.15) is 37.7 Å². The van der Waals surface area contributed by atoms with Crippen molar-refractivity contribution in [1.82, 2.24) is 20.9 Å². The Labute approximate surface area is 236 Å². The zero-order valence-corrected chi connectivity index (χ0v) is 23.2. The molecule has 220 valence electrons. The summed E-state index contributed by atoms with van der Waals surface area (Å²) in [4.78, 5) is 65.0. The van der Waals surface area contributed by atoms with E-state index >= 15 is 0 Å². The van der Waals surface area contributed by atoms with Gasteiger partial charge in [0.1, 0.15) is 18.1 Å². The number of thioether (sulfide) groups is 1. The topological polar surface area (TPSA) is 230 Å². The lowest BCUT2D eigenvalue weighted by Crippen LogP contribution is -2.57. The SMILES string of the molecule is CSCCC(NC(=O)C(Cc1c[nH]c2ccccc12)NC(=O)C(N)CCCCN)C(=O)NC(CC(=O)O)C(=O)O. The molecule has 0 radical (unpaired) electrons. The van der Waals surface area contributed by atoms with Crippen molar-refractivity contribution >= 4 is 52.3 Å². The molecule has 0 aliphatic rings. The summed E-state index contributed by atoms with van der Waals surface area (Å²) in [5, 5.41) is 26.7. The van der Waals surface area contributed by atoms with E-state index in [0.717, 1.165) is 16.5 Å². The number of benzene rings is 1. The number of carbonyl (C=O) groups excluding carboxylic acids is 3. The van der Waals surface area contributed by atoms with Crippen molar-refractivity contribution in [3.8, 4) is 0 Å². The summed E-state index contributed by atoms with van der Waals surface area (Å²) in [5.74, 6) is -4.51. The monoisotopic (exact) mass is 578 g/mol. The molecule has 1 aromatic carbocycles. The lowest BCUT2D eigenvalue weighted by molar-refractivity contribution is -0.147. The highest BCUT2D eigenvalue weighted by Crippen LogP contribution is 2.19. The number of aliphatic carboxylic acids is 2. The minimum atomic E-state index is -1.67. The Kier molecular flexibility index (Phi) is 13.4. The lowest BCUT2D eigenvalue weighted by atomic mass is 10.0. The molecule has 2 aromatic rings. The Hall–Kier alpha value is -3.62. The summed E-state index contributed by atoms with van der Waals surface area (Å²) in [6.45, 7) is 0.467. The molecule has 2 rings (SSSR count). The molecule has 10 N–H and O–H groups in total. The third kappa shape index (κ3) is 10.2. The summed E-state index contributed by atoms with van der Waals surface area (Å²) in [7, 11) is 0. The van der Waals surface area contributed by atoms with Gasteiger partial charge in [0.2, 0.25) is 17.7 Å². The second kappa shape index (κ2) is 16.5. The molecule has 0 spiro atoms. The van der Waals surface area contributed by atoms with Crippen LogP contribution >= 0.6 is 11.8 Å². The van der Waals surface area contributed by atoms with Crippen LogP contribution in [0.3, 0.4) is 0 Å². The first-order valence-electron chi connectivity index (χ1n) is 12.9. The van der Waals surface area contributed by atoms with E-state index in [1.807, 2.05) is 24.3 Å². The first-order valence-corrected chi connectivity index (χ1v) is 14.3. The fourth-order valence-corrected chi connectivity index (χ4v) is 4.54. The fraction of sp³-hybridized carbons (Fsp3) is 0.500. The molecule has 13 nitrogen and oxygen atoms in total. The van der Waals surface area contributed by atoms with Crippen molar-refractivity contribution < 1.29 is 34.2 Å². The molecule has 14 heteroatoms. The number of unbranched alkanes of at least 4 members (excludes halogenated alkanes) is 1. The van der Waals surface area contributed by atoms with Gasteiger partial charge in [-0.2, -0.15) is 11.8 Å². The molecule has 0 saturated carbocycles. The van der Waals surface area contributed by atoms with E-state index in [4.69, 9.17) is 16.6 Å². The van der Waals surface area contributed by atoms with Gasteiger partial charge >= 0.3 is 11.9 Å². The maximum atomic E-state index is 13.5. The number of nitrogens with two attached hydrogens (primary N) is 2.